The van der Waals surface area contributed by atoms with Crippen molar-refractivity contribution in [3.05, 3.63) is 29.3 Å². The number of carboxylic acid groups (broad SMARTS) is 1. The van der Waals surface area contributed by atoms with Crippen LogP contribution in [0.25, 0.3) is 0 Å². The Kier molecular flexibility index (Phi) is 5.20. The van der Waals surface area contributed by atoms with Crippen LogP contribution < -0.4 is 10.6 Å². The number of aromatic carboxylic acids is 1. The van der Waals surface area contributed by atoms with E-state index in [-0.39, 0.29) is 11.6 Å². The van der Waals surface area contributed by atoms with Crippen molar-refractivity contribution >= 4 is 17.7 Å². The van der Waals surface area contributed by atoms with E-state index in [4.69, 9.17) is 0 Å². The Morgan fingerprint density at radius 1 is 1.24 bits per heavy atom. The van der Waals surface area contributed by atoms with Crippen molar-refractivity contribution < 1.29 is 14.7 Å². The van der Waals surface area contributed by atoms with E-state index in [1.807, 2.05) is 0 Å². The topological polar surface area (TPSA) is 78.4 Å². The molecule has 0 atom stereocenters. The normalized spacial score (nSPS) is 15.5. The minimum absolute atomic E-state index is 0.144. The fourth-order valence-corrected chi connectivity index (χ4v) is 2.85. The Hall–Kier alpha value is -2.04. The number of carbonyl (C=O) groups is 2. The van der Waals surface area contributed by atoms with Crippen LogP contribution in [0.15, 0.2) is 18.2 Å². The molecule has 21 heavy (non-hydrogen) atoms. The van der Waals surface area contributed by atoms with Gasteiger partial charge >= 0.3 is 12.0 Å². The average Bonchev–Trinajstić information content (AvgIpc) is 2.46. The second-order valence-electron chi connectivity index (χ2n) is 5.64. The summed E-state index contributed by atoms with van der Waals surface area (Å²) in [5.41, 5.74) is 1.11. The van der Waals surface area contributed by atoms with E-state index < -0.39 is 5.97 Å². The molecule has 0 spiro atoms. The van der Waals surface area contributed by atoms with Gasteiger partial charge in [0.1, 0.15) is 0 Å². The Morgan fingerprint density at radius 2 is 1.95 bits per heavy atom. The summed E-state index contributed by atoms with van der Waals surface area (Å²) in [6, 6.07) is 4.72. The highest BCUT2D eigenvalue weighted by Crippen LogP contribution is 2.23. The van der Waals surface area contributed by atoms with Crippen molar-refractivity contribution in [1.29, 1.82) is 0 Å². The summed E-state index contributed by atoms with van der Waals surface area (Å²) in [5, 5.41) is 14.7. The number of urea groups is 1. The van der Waals surface area contributed by atoms with E-state index in [1.165, 1.54) is 19.3 Å². The molecule has 0 heterocycles. The number of hydrogen-bond acceptors (Lipinski definition) is 2. The summed E-state index contributed by atoms with van der Waals surface area (Å²) >= 11 is 0. The predicted octanol–water partition coefficient (Wildman–Crippen LogP) is 3.40. The van der Waals surface area contributed by atoms with Gasteiger partial charge in [-0.1, -0.05) is 31.4 Å². The summed E-state index contributed by atoms with van der Waals surface area (Å²) < 4.78 is 0. The number of hydrogen-bond donors (Lipinski definition) is 3. The van der Waals surface area contributed by atoms with Crippen LogP contribution in [0.3, 0.4) is 0 Å². The third-order valence-corrected chi connectivity index (χ3v) is 4.01. The van der Waals surface area contributed by atoms with E-state index in [0.717, 1.165) is 12.8 Å². The van der Waals surface area contributed by atoms with E-state index >= 15 is 0 Å². The van der Waals surface area contributed by atoms with E-state index in [9.17, 15) is 14.7 Å². The standard InChI is InChI=1S/C16H22N2O3/c1-11-6-5-9-13(14(11)15(19)20)18-16(21)17-10-12-7-3-2-4-8-12/h5-6,9,12H,2-4,7-8,10H2,1H3,(H,19,20)(H2,17,18,21). The van der Waals surface area contributed by atoms with Gasteiger partial charge in [-0.25, -0.2) is 9.59 Å². The largest absolute Gasteiger partial charge is 0.478 e. The van der Waals surface area contributed by atoms with Gasteiger partial charge in [0.25, 0.3) is 0 Å². The van der Waals surface area contributed by atoms with Crippen molar-refractivity contribution in [3.63, 3.8) is 0 Å². The number of aryl methyl sites for hydroxylation is 1. The highest BCUT2D eigenvalue weighted by molar-refractivity contribution is 6.01. The van der Waals surface area contributed by atoms with Crippen molar-refractivity contribution in [2.75, 3.05) is 11.9 Å². The zero-order valence-corrected chi connectivity index (χ0v) is 12.3. The zero-order valence-electron chi connectivity index (χ0n) is 12.3. The van der Waals surface area contributed by atoms with E-state index in [0.29, 0.717) is 23.7 Å². The Bertz CT molecular complexity index is 522. The lowest BCUT2D eigenvalue weighted by Crippen LogP contribution is -2.34. The van der Waals surface area contributed by atoms with E-state index in [2.05, 4.69) is 10.6 Å². The van der Waals surface area contributed by atoms with Crippen LogP contribution in [0.1, 0.15) is 48.0 Å². The molecule has 1 fully saturated rings. The van der Waals surface area contributed by atoms with Crippen molar-refractivity contribution in [2.45, 2.75) is 39.0 Å². The molecule has 0 aliphatic heterocycles. The number of amides is 2. The highest BCUT2D eigenvalue weighted by atomic mass is 16.4. The van der Waals surface area contributed by atoms with Gasteiger partial charge in [-0.05, 0) is 37.3 Å². The molecule has 114 valence electrons. The maximum atomic E-state index is 11.9. The van der Waals surface area contributed by atoms with Crippen molar-refractivity contribution in [2.24, 2.45) is 5.92 Å². The second-order valence-corrected chi connectivity index (χ2v) is 5.64. The Morgan fingerprint density at radius 3 is 2.62 bits per heavy atom. The highest BCUT2D eigenvalue weighted by Gasteiger charge is 2.17. The molecule has 5 nitrogen and oxygen atoms in total. The van der Waals surface area contributed by atoms with Crippen LogP contribution >= 0.6 is 0 Å². The summed E-state index contributed by atoms with van der Waals surface area (Å²) in [7, 11) is 0. The summed E-state index contributed by atoms with van der Waals surface area (Å²) in [6.07, 6.45) is 6.06. The molecular weight excluding hydrogens is 268 g/mol. The van der Waals surface area contributed by atoms with Gasteiger partial charge in [-0.3, -0.25) is 0 Å². The minimum atomic E-state index is -1.03. The summed E-state index contributed by atoms with van der Waals surface area (Å²) in [5.74, 6) is -0.489. The fraction of sp³-hybridized carbons (Fsp3) is 0.500. The number of carbonyl (C=O) groups excluding carboxylic acids is 1. The molecule has 1 aliphatic carbocycles. The molecule has 1 aromatic rings. The molecule has 0 radical (unpaired) electrons. The molecule has 0 unspecified atom stereocenters. The molecule has 5 heteroatoms. The van der Waals surface area contributed by atoms with Crippen LogP contribution in [0.5, 0.6) is 0 Å². The van der Waals surface area contributed by atoms with Gasteiger partial charge < -0.3 is 15.7 Å². The summed E-state index contributed by atoms with van der Waals surface area (Å²) in [4.78, 5) is 23.2. The average molecular weight is 290 g/mol. The lowest BCUT2D eigenvalue weighted by molar-refractivity contribution is 0.0697. The molecule has 3 N–H and O–H groups in total. The van der Waals surface area contributed by atoms with Crippen LogP contribution in [-0.4, -0.2) is 23.7 Å². The van der Waals surface area contributed by atoms with Crippen molar-refractivity contribution in [3.8, 4) is 0 Å². The minimum Gasteiger partial charge on any atom is -0.478 e. The second kappa shape index (κ2) is 7.11. The quantitative estimate of drug-likeness (QED) is 0.795. The lowest BCUT2D eigenvalue weighted by atomic mass is 9.89. The third kappa shape index (κ3) is 4.21. The maximum Gasteiger partial charge on any atom is 0.338 e. The molecule has 1 aliphatic rings. The van der Waals surface area contributed by atoms with Crippen LogP contribution in [-0.2, 0) is 0 Å². The van der Waals surface area contributed by atoms with Gasteiger partial charge in [0, 0.05) is 6.54 Å². The van der Waals surface area contributed by atoms with Crippen molar-refractivity contribution in [1.82, 2.24) is 5.32 Å². The molecule has 2 rings (SSSR count). The molecule has 0 aromatic heterocycles. The number of rotatable bonds is 4. The molecule has 1 saturated carbocycles. The zero-order chi connectivity index (χ0) is 15.2. The first-order chi connectivity index (χ1) is 10.1. The SMILES string of the molecule is Cc1cccc(NC(=O)NCC2CCCCC2)c1C(=O)O. The molecule has 2 amide bonds. The Balaban J connectivity index is 1.93. The van der Waals surface area contributed by atoms with Crippen LogP contribution in [0.4, 0.5) is 10.5 Å². The molecule has 0 saturated heterocycles. The number of anilines is 1. The monoisotopic (exact) mass is 290 g/mol. The van der Waals surface area contributed by atoms with Crippen LogP contribution in [0.2, 0.25) is 0 Å². The molecular formula is C16H22N2O3. The first-order valence-electron chi connectivity index (χ1n) is 7.45. The third-order valence-electron chi connectivity index (χ3n) is 4.01. The van der Waals surface area contributed by atoms with Gasteiger partial charge in [-0.2, -0.15) is 0 Å². The van der Waals surface area contributed by atoms with E-state index in [1.54, 1.807) is 25.1 Å². The van der Waals surface area contributed by atoms with Crippen LogP contribution in [0, 0.1) is 12.8 Å². The fourth-order valence-electron chi connectivity index (χ4n) is 2.85. The molecule has 0 bridgehead atoms. The maximum absolute atomic E-state index is 11.9. The van der Waals surface area contributed by atoms with Gasteiger partial charge in [-0.15, -0.1) is 0 Å². The van der Waals surface area contributed by atoms with Gasteiger partial charge in [0.2, 0.25) is 0 Å². The number of benzene rings is 1. The smallest absolute Gasteiger partial charge is 0.338 e. The number of carboxylic acids is 1. The predicted molar refractivity (Wildman–Crippen MR) is 81.7 cm³/mol. The first kappa shape index (κ1) is 15.4. The van der Waals surface area contributed by atoms with Gasteiger partial charge in [0.15, 0.2) is 0 Å². The number of nitrogens with one attached hydrogen (secondary N) is 2. The van der Waals surface area contributed by atoms with Gasteiger partial charge in [0.05, 0.1) is 11.3 Å². The first-order valence-corrected chi connectivity index (χ1v) is 7.45. The molecule has 1 aromatic carbocycles. The Labute approximate surface area is 124 Å². The summed E-state index contributed by atoms with van der Waals surface area (Å²) in [6.45, 7) is 2.37. The lowest BCUT2D eigenvalue weighted by Gasteiger charge is -2.22.